The van der Waals surface area contributed by atoms with Crippen molar-refractivity contribution in [2.45, 2.75) is 38.5 Å². The monoisotopic (exact) mass is 349 g/mol. The quantitative estimate of drug-likeness (QED) is 0.685. The van der Waals surface area contributed by atoms with E-state index in [1.54, 1.807) is 30.1 Å². The molecule has 0 bridgehead atoms. The van der Waals surface area contributed by atoms with E-state index in [1.165, 1.54) is 19.2 Å². The van der Waals surface area contributed by atoms with Gasteiger partial charge in [-0.3, -0.25) is 0 Å². The fourth-order valence-corrected chi connectivity index (χ4v) is 2.38. The molecule has 2 aromatic rings. The first-order chi connectivity index (χ1) is 11.6. The Bertz CT molecular complexity index is 656. The molecule has 6 nitrogen and oxygen atoms in total. The minimum atomic E-state index is -0.587. The molecule has 1 aromatic carbocycles. The first-order valence-electron chi connectivity index (χ1n) is 8.02. The number of aromatic nitrogens is 3. The van der Waals surface area contributed by atoms with Gasteiger partial charge in [0.1, 0.15) is 18.8 Å². The van der Waals surface area contributed by atoms with E-state index >= 15 is 0 Å². The lowest BCUT2D eigenvalue weighted by Crippen LogP contribution is -2.27. The van der Waals surface area contributed by atoms with Crippen molar-refractivity contribution in [3.8, 4) is 0 Å². The van der Waals surface area contributed by atoms with Gasteiger partial charge in [-0.2, -0.15) is 5.10 Å². The summed E-state index contributed by atoms with van der Waals surface area (Å²) in [4.78, 5) is 16.3. The van der Waals surface area contributed by atoms with Crippen LogP contribution in [0.25, 0.3) is 0 Å². The van der Waals surface area contributed by atoms with Gasteiger partial charge in [-0.25, -0.2) is 14.5 Å². The van der Waals surface area contributed by atoms with Gasteiger partial charge in [0.25, 0.3) is 0 Å². The SMILES string of the molecule is CC(OCC1CC1)C(=O)OC(Cn1cncn1)c1ccc(Cl)cc1. The number of rotatable bonds is 8. The lowest BCUT2D eigenvalue weighted by Gasteiger charge is -2.21. The zero-order chi connectivity index (χ0) is 16.9. The van der Waals surface area contributed by atoms with Crippen molar-refractivity contribution in [1.29, 1.82) is 0 Å². The van der Waals surface area contributed by atoms with E-state index < -0.39 is 12.2 Å². The second kappa shape index (κ2) is 7.77. The van der Waals surface area contributed by atoms with Crippen LogP contribution in [0.4, 0.5) is 0 Å². The number of ether oxygens (including phenoxy) is 2. The van der Waals surface area contributed by atoms with Gasteiger partial charge in [-0.1, -0.05) is 23.7 Å². The van der Waals surface area contributed by atoms with Crippen LogP contribution in [0.1, 0.15) is 31.4 Å². The van der Waals surface area contributed by atoms with Gasteiger partial charge in [-0.05, 0) is 43.4 Å². The molecule has 0 amide bonds. The first kappa shape index (κ1) is 16.9. The molecule has 0 spiro atoms. The van der Waals surface area contributed by atoms with Crippen LogP contribution >= 0.6 is 11.6 Å². The van der Waals surface area contributed by atoms with E-state index in [9.17, 15) is 4.79 Å². The molecule has 1 saturated carbocycles. The van der Waals surface area contributed by atoms with Gasteiger partial charge in [-0.15, -0.1) is 0 Å². The fraction of sp³-hybridized carbons (Fsp3) is 0.471. The number of benzene rings is 1. The molecule has 128 valence electrons. The molecule has 2 atom stereocenters. The molecular weight excluding hydrogens is 330 g/mol. The van der Waals surface area contributed by atoms with Gasteiger partial charge >= 0.3 is 5.97 Å². The molecule has 7 heteroatoms. The van der Waals surface area contributed by atoms with Gasteiger partial charge in [0.15, 0.2) is 6.10 Å². The predicted octanol–water partition coefficient (Wildman–Crippen LogP) is 3.03. The lowest BCUT2D eigenvalue weighted by atomic mass is 10.1. The second-order valence-electron chi connectivity index (χ2n) is 6.01. The fourth-order valence-electron chi connectivity index (χ4n) is 2.25. The zero-order valence-electron chi connectivity index (χ0n) is 13.5. The molecule has 2 unspecified atom stereocenters. The third kappa shape index (κ3) is 4.79. The van der Waals surface area contributed by atoms with Crippen molar-refractivity contribution in [2.24, 2.45) is 5.92 Å². The molecule has 1 heterocycles. The highest BCUT2D eigenvalue weighted by atomic mass is 35.5. The molecule has 1 aliphatic carbocycles. The summed E-state index contributed by atoms with van der Waals surface area (Å²) in [6, 6.07) is 7.22. The third-order valence-corrected chi connectivity index (χ3v) is 4.18. The maximum Gasteiger partial charge on any atom is 0.335 e. The van der Waals surface area contributed by atoms with E-state index in [2.05, 4.69) is 10.1 Å². The van der Waals surface area contributed by atoms with Crippen molar-refractivity contribution >= 4 is 17.6 Å². The summed E-state index contributed by atoms with van der Waals surface area (Å²) in [5.41, 5.74) is 0.845. The summed E-state index contributed by atoms with van der Waals surface area (Å²) in [5.74, 6) is 0.221. The summed E-state index contributed by atoms with van der Waals surface area (Å²) >= 11 is 5.94. The standard InChI is InChI=1S/C17H20ClN3O3/c1-12(23-9-13-2-3-13)17(22)24-16(8-21-11-19-10-20-21)14-4-6-15(18)7-5-14/h4-7,10-13,16H,2-3,8-9H2,1H3. The number of nitrogens with zero attached hydrogens (tertiary/aromatic N) is 3. The molecule has 0 N–H and O–H groups in total. The highest BCUT2D eigenvalue weighted by molar-refractivity contribution is 6.30. The minimum Gasteiger partial charge on any atom is -0.454 e. The summed E-state index contributed by atoms with van der Waals surface area (Å²) < 4.78 is 12.9. The van der Waals surface area contributed by atoms with E-state index in [0.717, 1.165) is 5.56 Å². The number of hydrogen-bond donors (Lipinski definition) is 0. The Hall–Kier alpha value is -1.92. The smallest absolute Gasteiger partial charge is 0.335 e. The average molecular weight is 350 g/mol. The third-order valence-electron chi connectivity index (χ3n) is 3.93. The van der Waals surface area contributed by atoms with Crippen LogP contribution in [0.5, 0.6) is 0 Å². The number of hydrogen-bond acceptors (Lipinski definition) is 5. The summed E-state index contributed by atoms with van der Waals surface area (Å²) in [6.07, 6.45) is 4.33. The van der Waals surface area contributed by atoms with Gasteiger partial charge in [0.2, 0.25) is 0 Å². The maximum absolute atomic E-state index is 12.3. The second-order valence-corrected chi connectivity index (χ2v) is 6.45. The van der Waals surface area contributed by atoms with E-state index in [4.69, 9.17) is 21.1 Å². The molecular formula is C17H20ClN3O3. The van der Waals surface area contributed by atoms with Crippen LogP contribution in [0.2, 0.25) is 5.02 Å². The van der Waals surface area contributed by atoms with Crippen LogP contribution < -0.4 is 0 Å². The zero-order valence-corrected chi connectivity index (χ0v) is 14.2. The van der Waals surface area contributed by atoms with Crippen molar-refractivity contribution < 1.29 is 14.3 Å². The number of carbonyl (C=O) groups excluding carboxylic acids is 1. The molecule has 0 aliphatic heterocycles. The van der Waals surface area contributed by atoms with Crippen LogP contribution in [-0.4, -0.2) is 33.4 Å². The molecule has 24 heavy (non-hydrogen) atoms. The summed E-state index contributed by atoms with van der Waals surface area (Å²) in [6.45, 7) is 2.72. The van der Waals surface area contributed by atoms with Crippen molar-refractivity contribution in [3.05, 3.63) is 47.5 Å². The average Bonchev–Trinajstić information content (AvgIpc) is 3.27. The van der Waals surface area contributed by atoms with Crippen molar-refractivity contribution in [2.75, 3.05) is 6.61 Å². The van der Waals surface area contributed by atoms with Crippen LogP contribution in [-0.2, 0) is 20.8 Å². The van der Waals surface area contributed by atoms with Gasteiger partial charge in [0, 0.05) is 5.02 Å². The highest BCUT2D eigenvalue weighted by Gasteiger charge is 2.26. The van der Waals surface area contributed by atoms with E-state index in [-0.39, 0.29) is 5.97 Å². The molecule has 0 radical (unpaired) electrons. The Morgan fingerprint density at radius 3 is 2.75 bits per heavy atom. The maximum atomic E-state index is 12.3. The molecule has 3 rings (SSSR count). The largest absolute Gasteiger partial charge is 0.454 e. The number of esters is 1. The highest BCUT2D eigenvalue weighted by Crippen LogP contribution is 2.29. The predicted molar refractivity (Wildman–Crippen MR) is 88.4 cm³/mol. The Balaban J connectivity index is 1.66. The Morgan fingerprint density at radius 2 is 2.12 bits per heavy atom. The van der Waals surface area contributed by atoms with E-state index in [0.29, 0.717) is 24.1 Å². The molecule has 1 fully saturated rings. The normalized spacial score (nSPS) is 16.6. The van der Waals surface area contributed by atoms with E-state index in [1.807, 2.05) is 12.1 Å². The number of carbonyl (C=O) groups is 1. The van der Waals surface area contributed by atoms with Crippen molar-refractivity contribution in [3.63, 3.8) is 0 Å². The Morgan fingerprint density at radius 1 is 1.38 bits per heavy atom. The lowest BCUT2D eigenvalue weighted by molar-refractivity contribution is -0.163. The minimum absolute atomic E-state index is 0.378. The van der Waals surface area contributed by atoms with Crippen molar-refractivity contribution in [1.82, 2.24) is 14.8 Å². The Labute approximate surface area is 145 Å². The Kier molecular flexibility index (Phi) is 5.48. The van der Waals surface area contributed by atoms with Gasteiger partial charge < -0.3 is 9.47 Å². The van der Waals surface area contributed by atoms with Crippen LogP contribution in [0.15, 0.2) is 36.9 Å². The molecule has 1 aromatic heterocycles. The molecule has 0 saturated heterocycles. The first-order valence-corrected chi connectivity index (χ1v) is 8.39. The van der Waals surface area contributed by atoms with Crippen LogP contribution in [0, 0.1) is 5.92 Å². The summed E-state index contributed by atoms with van der Waals surface area (Å²) in [7, 11) is 0. The van der Waals surface area contributed by atoms with Crippen LogP contribution in [0.3, 0.4) is 0 Å². The molecule has 1 aliphatic rings. The summed E-state index contributed by atoms with van der Waals surface area (Å²) in [5, 5.41) is 4.71. The van der Waals surface area contributed by atoms with Gasteiger partial charge in [0.05, 0.1) is 13.2 Å². The topological polar surface area (TPSA) is 66.2 Å². The number of halogens is 1.